The molecule has 0 unspecified atom stereocenters. The number of aromatic nitrogens is 1. The average molecular weight is 321 g/mol. The number of benzene rings is 1. The quantitative estimate of drug-likeness (QED) is 0.807. The molecule has 0 bridgehead atoms. The number of aromatic amines is 1. The molecule has 0 aliphatic carbocycles. The van der Waals surface area contributed by atoms with Crippen molar-refractivity contribution in [1.82, 2.24) is 4.98 Å². The highest BCUT2D eigenvalue weighted by atomic mass is 79.9. The number of hydrogen-bond acceptors (Lipinski definition) is 3. The first kappa shape index (κ1) is 9.67. The van der Waals surface area contributed by atoms with Gasteiger partial charge in [0.1, 0.15) is 0 Å². The summed E-state index contributed by atoms with van der Waals surface area (Å²) in [5, 5.41) is 0.327. The Morgan fingerprint density at radius 1 is 1.21 bits per heavy atom. The second-order valence-electron chi connectivity index (χ2n) is 2.61. The maximum absolute atomic E-state index is 11.3. The van der Waals surface area contributed by atoms with Crippen molar-refractivity contribution in [2.24, 2.45) is 0 Å². The van der Waals surface area contributed by atoms with E-state index in [0.717, 1.165) is 4.47 Å². The lowest BCUT2D eigenvalue weighted by Crippen LogP contribution is -2.14. The summed E-state index contributed by atoms with van der Waals surface area (Å²) in [5.41, 5.74) is -0.212. The summed E-state index contributed by atoms with van der Waals surface area (Å²) in [5.74, 6) is -0.757. The van der Waals surface area contributed by atoms with E-state index in [4.69, 9.17) is 0 Å². The van der Waals surface area contributed by atoms with Crippen LogP contribution in [0.5, 0.6) is 0 Å². The zero-order chi connectivity index (χ0) is 10.3. The van der Waals surface area contributed by atoms with Crippen LogP contribution in [0.2, 0.25) is 0 Å². The summed E-state index contributed by atoms with van der Waals surface area (Å²) >= 11 is 6.46. The van der Waals surface area contributed by atoms with Gasteiger partial charge in [-0.3, -0.25) is 4.98 Å². The van der Waals surface area contributed by atoms with Gasteiger partial charge in [-0.25, -0.2) is 9.59 Å². The molecule has 1 N–H and O–H groups in total. The summed E-state index contributed by atoms with van der Waals surface area (Å²) in [6, 6.07) is 3.34. The van der Waals surface area contributed by atoms with Gasteiger partial charge in [0.2, 0.25) is 0 Å². The van der Waals surface area contributed by atoms with Crippen molar-refractivity contribution in [2.45, 2.75) is 0 Å². The molecule has 2 rings (SSSR count). The first-order chi connectivity index (χ1) is 6.58. The Balaban J connectivity index is 3.10. The largest absolute Gasteiger partial charge is 0.419 e. The van der Waals surface area contributed by atoms with Crippen molar-refractivity contribution in [2.75, 3.05) is 0 Å². The Bertz CT molecular complexity index is 614. The minimum Gasteiger partial charge on any atom is -0.372 e. The van der Waals surface area contributed by atoms with Gasteiger partial charge in [0.05, 0.1) is 10.9 Å². The molecule has 14 heavy (non-hydrogen) atoms. The van der Waals surface area contributed by atoms with Crippen LogP contribution in [0.15, 0.2) is 35.1 Å². The molecule has 0 aliphatic heterocycles. The van der Waals surface area contributed by atoms with E-state index in [1.165, 1.54) is 0 Å². The van der Waals surface area contributed by atoms with E-state index in [9.17, 15) is 9.59 Å². The minimum absolute atomic E-state index is 0.327. The number of H-pyrrole nitrogens is 1. The lowest BCUT2D eigenvalue weighted by Gasteiger charge is -1.98. The fraction of sp³-hybridized carbons (Fsp3) is 0. The fourth-order valence-corrected chi connectivity index (χ4v) is 2.54. The van der Waals surface area contributed by atoms with Gasteiger partial charge in [-0.15, -0.1) is 0 Å². The molecule has 1 aromatic heterocycles. The molecule has 0 amide bonds. The molecule has 72 valence electrons. The van der Waals surface area contributed by atoms with E-state index in [-0.39, 0.29) is 0 Å². The maximum Gasteiger partial charge on any atom is 0.419 e. The number of rotatable bonds is 0. The van der Waals surface area contributed by atoms with E-state index < -0.39 is 11.4 Å². The van der Waals surface area contributed by atoms with Crippen LogP contribution in [0.4, 0.5) is 0 Å². The van der Waals surface area contributed by atoms with E-state index in [0.29, 0.717) is 15.4 Å². The zero-order valence-electron chi connectivity index (χ0n) is 6.64. The Morgan fingerprint density at radius 3 is 2.64 bits per heavy atom. The van der Waals surface area contributed by atoms with Crippen molar-refractivity contribution in [3.63, 3.8) is 0 Å². The second kappa shape index (κ2) is 3.36. The third kappa shape index (κ3) is 1.55. The molecule has 0 radical (unpaired) electrons. The van der Waals surface area contributed by atoms with Crippen LogP contribution < -0.4 is 11.4 Å². The minimum atomic E-state index is -0.757. The first-order valence-corrected chi connectivity index (χ1v) is 5.19. The predicted octanol–water partition coefficient (Wildman–Crippen LogP) is 2.01. The van der Waals surface area contributed by atoms with Crippen LogP contribution in [-0.2, 0) is 0 Å². The molecular weight excluding hydrogens is 318 g/mol. The van der Waals surface area contributed by atoms with Crippen LogP contribution in [0, 0.1) is 0 Å². The summed E-state index contributed by atoms with van der Waals surface area (Å²) < 4.78 is 5.74. The van der Waals surface area contributed by atoms with Crippen molar-refractivity contribution >= 4 is 42.8 Å². The highest BCUT2D eigenvalue weighted by Gasteiger charge is 2.07. The van der Waals surface area contributed by atoms with Gasteiger partial charge in [0.15, 0.2) is 0 Å². The highest BCUT2D eigenvalue weighted by Crippen LogP contribution is 2.24. The van der Waals surface area contributed by atoms with Crippen molar-refractivity contribution in [3.8, 4) is 0 Å². The van der Waals surface area contributed by atoms with Crippen LogP contribution in [-0.4, -0.2) is 4.98 Å². The molecule has 0 fully saturated rings. The lowest BCUT2D eigenvalue weighted by atomic mass is 10.2. The van der Waals surface area contributed by atoms with Gasteiger partial charge >= 0.3 is 11.4 Å². The van der Waals surface area contributed by atoms with Gasteiger partial charge < -0.3 is 4.42 Å². The fourth-order valence-electron chi connectivity index (χ4n) is 1.15. The Hall–Kier alpha value is -0.880. The van der Waals surface area contributed by atoms with Crippen LogP contribution in [0.25, 0.3) is 10.9 Å². The highest BCUT2D eigenvalue weighted by molar-refractivity contribution is 9.11. The topological polar surface area (TPSA) is 63.1 Å². The SMILES string of the molecule is O=c1[nH]c2cc(Br)cc(Br)c2c(=O)o1. The van der Waals surface area contributed by atoms with E-state index in [2.05, 4.69) is 41.3 Å². The zero-order valence-corrected chi connectivity index (χ0v) is 9.81. The summed E-state index contributed by atoms with van der Waals surface area (Å²) in [6.07, 6.45) is 0. The van der Waals surface area contributed by atoms with Gasteiger partial charge in [-0.1, -0.05) is 15.9 Å². The average Bonchev–Trinajstić information content (AvgIpc) is 1.99. The van der Waals surface area contributed by atoms with Gasteiger partial charge in [-0.05, 0) is 28.1 Å². The molecule has 0 atom stereocenters. The molecule has 0 saturated carbocycles. The molecule has 6 heteroatoms. The van der Waals surface area contributed by atoms with Crippen LogP contribution in [0.1, 0.15) is 0 Å². The van der Waals surface area contributed by atoms with E-state index >= 15 is 0 Å². The molecule has 0 spiro atoms. The maximum atomic E-state index is 11.3. The van der Waals surface area contributed by atoms with Crippen LogP contribution in [0.3, 0.4) is 0 Å². The monoisotopic (exact) mass is 319 g/mol. The second-order valence-corrected chi connectivity index (χ2v) is 4.38. The van der Waals surface area contributed by atoms with Crippen molar-refractivity contribution < 1.29 is 4.42 Å². The van der Waals surface area contributed by atoms with Crippen molar-refractivity contribution in [1.29, 1.82) is 0 Å². The summed E-state index contributed by atoms with van der Waals surface area (Å²) in [4.78, 5) is 24.6. The van der Waals surface area contributed by atoms with E-state index in [1.807, 2.05) is 0 Å². The van der Waals surface area contributed by atoms with Gasteiger partial charge in [0, 0.05) is 8.95 Å². The van der Waals surface area contributed by atoms with Gasteiger partial charge in [-0.2, -0.15) is 0 Å². The summed E-state index contributed by atoms with van der Waals surface area (Å²) in [6.45, 7) is 0. The standard InChI is InChI=1S/C8H3Br2NO3/c9-3-1-4(10)6-5(2-3)11-8(13)14-7(6)12/h1-2H,(H,11,13). The number of nitrogens with one attached hydrogen (secondary N) is 1. The Kier molecular flexibility index (Phi) is 2.32. The first-order valence-electron chi connectivity index (χ1n) is 3.60. The predicted molar refractivity (Wildman–Crippen MR) is 58.5 cm³/mol. The van der Waals surface area contributed by atoms with Crippen molar-refractivity contribution in [3.05, 3.63) is 42.0 Å². The normalized spacial score (nSPS) is 10.7. The Labute approximate surface area is 94.2 Å². The molecule has 0 aliphatic rings. The molecule has 1 heterocycles. The number of halogens is 2. The summed E-state index contributed by atoms with van der Waals surface area (Å²) in [7, 11) is 0. The third-order valence-electron chi connectivity index (χ3n) is 1.68. The van der Waals surface area contributed by atoms with Gasteiger partial charge in [0.25, 0.3) is 0 Å². The molecule has 2 aromatic rings. The molecule has 4 nitrogen and oxygen atoms in total. The van der Waals surface area contributed by atoms with E-state index in [1.54, 1.807) is 12.1 Å². The molecular formula is C8H3Br2NO3. The lowest BCUT2D eigenvalue weighted by molar-refractivity contribution is 0.460. The smallest absolute Gasteiger partial charge is 0.372 e. The molecule has 0 saturated heterocycles. The number of fused-ring (bicyclic) bond motifs is 1. The van der Waals surface area contributed by atoms with Crippen LogP contribution >= 0.6 is 31.9 Å². The third-order valence-corrected chi connectivity index (χ3v) is 2.76. The Morgan fingerprint density at radius 2 is 1.93 bits per heavy atom. The molecule has 1 aromatic carbocycles. The number of hydrogen-bond donors (Lipinski definition) is 1.